The van der Waals surface area contributed by atoms with E-state index in [1.165, 1.54) is 6.07 Å². The van der Waals surface area contributed by atoms with Gasteiger partial charge in [-0.25, -0.2) is 4.39 Å². The van der Waals surface area contributed by atoms with Gasteiger partial charge >= 0.3 is 5.97 Å². The molecule has 3 heteroatoms. The van der Waals surface area contributed by atoms with Gasteiger partial charge in [0.1, 0.15) is 11.4 Å². The fraction of sp³-hybridized carbons (Fsp3) is 0.462. The Morgan fingerprint density at radius 3 is 2.50 bits per heavy atom. The zero-order chi connectivity index (χ0) is 12.2. The van der Waals surface area contributed by atoms with Crippen LogP contribution in [0, 0.1) is 5.82 Å². The van der Waals surface area contributed by atoms with Gasteiger partial charge in [-0.2, -0.15) is 0 Å². The normalized spacial score (nSPS) is 11.2. The molecule has 88 valence electrons. The van der Waals surface area contributed by atoms with Crippen LogP contribution in [0.15, 0.2) is 24.3 Å². The summed E-state index contributed by atoms with van der Waals surface area (Å²) in [6, 6.07) is 6.46. The van der Waals surface area contributed by atoms with Gasteiger partial charge < -0.3 is 4.74 Å². The molecule has 16 heavy (non-hydrogen) atoms. The van der Waals surface area contributed by atoms with Crippen LogP contribution in [0.1, 0.15) is 32.8 Å². The molecule has 0 radical (unpaired) electrons. The van der Waals surface area contributed by atoms with Gasteiger partial charge in [0.15, 0.2) is 0 Å². The SMILES string of the molecule is CC(C)(C)OC(=O)CCc1ccccc1F. The maximum Gasteiger partial charge on any atom is 0.306 e. The summed E-state index contributed by atoms with van der Waals surface area (Å²) in [7, 11) is 0. The maximum atomic E-state index is 13.2. The fourth-order valence-electron chi connectivity index (χ4n) is 1.33. The van der Waals surface area contributed by atoms with Crippen molar-refractivity contribution in [2.24, 2.45) is 0 Å². The summed E-state index contributed by atoms with van der Waals surface area (Å²) in [5, 5.41) is 0. The predicted molar refractivity (Wildman–Crippen MR) is 60.6 cm³/mol. The first kappa shape index (κ1) is 12.7. The molecular formula is C13H17FO2. The topological polar surface area (TPSA) is 26.3 Å². The van der Waals surface area contributed by atoms with Gasteiger partial charge in [0.05, 0.1) is 0 Å². The van der Waals surface area contributed by atoms with E-state index >= 15 is 0 Å². The minimum absolute atomic E-state index is 0.207. The summed E-state index contributed by atoms with van der Waals surface area (Å²) < 4.78 is 18.4. The number of carbonyl (C=O) groups is 1. The molecule has 0 aromatic heterocycles. The molecule has 0 atom stereocenters. The van der Waals surface area contributed by atoms with Gasteiger partial charge in [-0.05, 0) is 38.8 Å². The van der Waals surface area contributed by atoms with Gasteiger partial charge in [0.2, 0.25) is 0 Å². The summed E-state index contributed by atoms with van der Waals surface area (Å²) in [6.45, 7) is 5.44. The molecule has 0 heterocycles. The van der Waals surface area contributed by atoms with E-state index in [4.69, 9.17) is 4.74 Å². The standard InChI is InChI=1S/C13H17FO2/c1-13(2,3)16-12(15)9-8-10-6-4-5-7-11(10)14/h4-7H,8-9H2,1-3H3. The zero-order valence-electron chi connectivity index (χ0n) is 9.92. The van der Waals surface area contributed by atoms with Crippen LogP contribution in [0.4, 0.5) is 4.39 Å². The Morgan fingerprint density at radius 2 is 1.94 bits per heavy atom. The van der Waals surface area contributed by atoms with E-state index < -0.39 is 5.60 Å². The van der Waals surface area contributed by atoms with E-state index in [-0.39, 0.29) is 18.2 Å². The molecule has 0 unspecified atom stereocenters. The van der Waals surface area contributed by atoms with E-state index in [1.807, 2.05) is 20.8 Å². The van der Waals surface area contributed by atoms with Crippen molar-refractivity contribution in [2.75, 3.05) is 0 Å². The van der Waals surface area contributed by atoms with Gasteiger partial charge in [-0.3, -0.25) is 4.79 Å². The predicted octanol–water partition coefficient (Wildman–Crippen LogP) is 3.10. The molecule has 0 aliphatic carbocycles. The van der Waals surface area contributed by atoms with Crippen molar-refractivity contribution < 1.29 is 13.9 Å². The zero-order valence-corrected chi connectivity index (χ0v) is 9.92. The molecule has 0 amide bonds. The van der Waals surface area contributed by atoms with E-state index in [0.29, 0.717) is 12.0 Å². The lowest BCUT2D eigenvalue weighted by molar-refractivity contribution is -0.154. The van der Waals surface area contributed by atoms with E-state index in [1.54, 1.807) is 18.2 Å². The van der Waals surface area contributed by atoms with Crippen molar-refractivity contribution in [2.45, 2.75) is 39.2 Å². The third kappa shape index (κ3) is 4.43. The van der Waals surface area contributed by atoms with Crippen LogP contribution < -0.4 is 0 Å². The van der Waals surface area contributed by atoms with Crippen molar-refractivity contribution in [3.8, 4) is 0 Å². The van der Waals surface area contributed by atoms with Gasteiger partial charge in [-0.1, -0.05) is 18.2 Å². The summed E-state index contributed by atoms with van der Waals surface area (Å²) in [4.78, 5) is 11.4. The number of hydrogen-bond donors (Lipinski definition) is 0. The van der Waals surface area contributed by atoms with Crippen molar-refractivity contribution in [3.63, 3.8) is 0 Å². The number of aryl methyl sites for hydroxylation is 1. The van der Waals surface area contributed by atoms with Crippen LogP contribution in [0.3, 0.4) is 0 Å². The van der Waals surface area contributed by atoms with Crippen molar-refractivity contribution in [3.05, 3.63) is 35.6 Å². The number of halogens is 1. The first-order chi connectivity index (χ1) is 7.38. The second kappa shape index (κ2) is 5.10. The van der Waals surface area contributed by atoms with Gasteiger partial charge in [0.25, 0.3) is 0 Å². The molecule has 0 aliphatic heterocycles. The number of rotatable bonds is 3. The quantitative estimate of drug-likeness (QED) is 0.737. The van der Waals surface area contributed by atoms with Gasteiger partial charge in [0, 0.05) is 6.42 Å². The molecule has 0 spiro atoms. The summed E-state index contributed by atoms with van der Waals surface area (Å²) >= 11 is 0. The third-order valence-electron chi connectivity index (χ3n) is 1.98. The molecule has 0 saturated carbocycles. The Kier molecular flexibility index (Phi) is 4.05. The van der Waals surface area contributed by atoms with E-state index in [0.717, 1.165) is 0 Å². The Morgan fingerprint density at radius 1 is 1.31 bits per heavy atom. The Balaban J connectivity index is 2.47. The average Bonchev–Trinajstić information content (AvgIpc) is 2.14. The lowest BCUT2D eigenvalue weighted by atomic mass is 10.1. The summed E-state index contributed by atoms with van der Waals surface area (Å²) in [5.74, 6) is -0.568. The monoisotopic (exact) mass is 224 g/mol. The number of hydrogen-bond acceptors (Lipinski definition) is 2. The average molecular weight is 224 g/mol. The number of esters is 1. The van der Waals surface area contributed by atoms with Gasteiger partial charge in [-0.15, -0.1) is 0 Å². The number of carbonyl (C=O) groups excluding carboxylic acids is 1. The maximum absolute atomic E-state index is 13.2. The summed E-state index contributed by atoms with van der Waals surface area (Å²) in [6.07, 6.45) is 0.583. The Bertz CT molecular complexity index is 366. The highest BCUT2D eigenvalue weighted by Gasteiger charge is 2.16. The Labute approximate surface area is 95.4 Å². The third-order valence-corrected chi connectivity index (χ3v) is 1.98. The first-order valence-electron chi connectivity index (χ1n) is 5.34. The molecule has 0 fully saturated rings. The molecule has 1 aromatic carbocycles. The van der Waals surface area contributed by atoms with Crippen LogP contribution in [-0.4, -0.2) is 11.6 Å². The number of ether oxygens (including phenoxy) is 1. The molecule has 0 bridgehead atoms. The highest BCUT2D eigenvalue weighted by atomic mass is 19.1. The van der Waals surface area contributed by atoms with Crippen LogP contribution in [0.25, 0.3) is 0 Å². The van der Waals surface area contributed by atoms with Crippen LogP contribution in [0.5, 0.6) is 0 Å². The molecular weight excluding hydrogens is 207 g/mol. The van der Waals surface area contributed by atoms with Crippen LogP contribution in [-0.2, 0) is 16.0 Å². The first-order valence-corrected chi connectivity index (χ1v) is 5.34. The van der Waals surface area contributed by atoms with E-state index in [9.17, 15) is 9.18 Å². The molecule has 1 rings (SSSR count). The highest BCUT2D eigenvalue weighted by Crippen LogP contribution is 2.12. The lowest BCUT2D eigenvalue weighted by Gasteiger charge is -2.19. The molecule has 0 N–H and O–H groups in total. The number of benzene rings is 1. The minimum Gasteiger partial charge on any atom is -0.460 e. The largest absolute Gasteiger partial charge is 0.460 e. The smallest absolute Gasteiger partial charge is 0.306 e. The molecule has 0 saturated heterocycles. The minimum atomic E-state index is -0.480. The second-order valence-corrected chi connectivity index (χ2v) is 4.68. The molecule has 1 aromatic rings. The fourth-order valence-corrected chi connectivity index (χ4v) is 1.33. The van der Waals surface area contributed by atoms with E-state index in [2.05, 4.69) is 0 Å². The summed E-state index contributed by atoms with van der Waals surface area (Å²) in [5.41, 5.74) is 0.0696. The second-order valence-electron chi connectivity index (χ2n) is 4.68. The lowest BCUT2D eigenvalue weighted by Crippen LogP contribution is -2.24. The van der Waals surface area contributed by atoms with Crippen molar-refractivity contribution >= 4 is 5.97 Å². The van der Waals surface area contributed by atoms with Crippen molar-refractivity contribution in [1.82, 2.24) is 0 Å². The van der Waals surface area contributed by atoms with Crippen molar-refractivity contribution in [1.29, 1.82) is 0 Å². The van der Waals surface area contributed by atoms with Crippen LogP contribution >= 0.6 is 0 Å². The van der Waals surface area contributed by atoms with Crippen LogP contribution in [0.2, 0.25) is 0 Å². The highest BCUT2D eigenvalue weighted by molar-refractivity contribution is 5.70. The Hall–Kier alpha value is -1.38. The molecule has 2 nitrogen and oxygen atoms in total. The molecule has 0 aliphatic rings.